The summed E-state index contributed by atoms with van der Waals surface area (Å²) >= 11 is 1.30. The molecule has 0 aliphatic rings. The van der Waals surface area contributed by atoms with Crippen molar-refractivity contribution < 1.29 is 22.7 Å². The van der Waals surface area contributed by atoms with Crippen LogP contribution in [0, 0.1) is 0 Å². The Balaban J connectivity index is 1.80. The Morgan fingerprint density at radius 1 is 1.06 bits per heavy atom. The maximum absolute atomic E-state index is 12.9. The minimum absolute atomic E-state index is 0.174. The summed E-state index contributed by atoms with van der Waals surface area (Å²) in [6, 6.07) is 9.50. The third kappa shape index (κ3) is 5.03. The molecular weight excluding hydrogens is 450 g/mol. The molecule has 0 spiro atoms. The molecule has 0 radical (unpaired) electrons. The highest BCUT2D eigenvalue weighted by molar-refractivity contribution is 7.89. The predicted molar refractivity (Wildman–Crippen MR) is 126 cm³/mol. The number of carbonyl (C=O) groups is 1. The van der Waals surface area contributed by atoms with Gasteiger partial charge in [0.2, 0.25) is 10.0 Å². The number of benzene rings is 2. The Bertz CT molecular complexity index is 1180. The molecule has 2 aromatic carbocycles. The molecule has 1 aromatic heterocycles. The Hall–Kier alpha value is -2.69. The Morgan fingerprint density at radius 2 is 1.72 bits per heavy atom. The SMILES string of the molecule is CCCN(CCC)S(=O)(=O)c1ccc(C(=O)Nc2nc3c(OC)cc(OC)cc3s2)cc1. The van der Waals surface area contributed by atoms with Gasteiger partial charge < -0.3 is 9.47 Å². The fourth-order valence-electron chi connectivity index (χ4n) is 3.25. The predicted octanol–water partition coefficient (Wildman–Crippen LogP) is 4.38. The summed E-state index contributed by atoms with van der Waals surface area (Å²) in [5.74, 6) is 0.806. The number of sulfonamides is 1. The van der Waals surface area contributed by atoms with Crippen LogP contribution >= 0.6 is 11.3 Å². The Kier molecular flexibility index (Phi) is 7.70. The maximum Gasteiger partial charge on any atom is 0.257 e. The highest BCUT2D eigenvalue weighted by atomic mass is 32.2. The van der Waals surface area contributed by atoms with E-state index in [1.807, 2.05) is 19.9 Å². The van der Waals surface area contributed by atoms with Crippen molar-refractivity contribution in [2.24, 2.45) is 0 Å². The molecule has 172 valence electrons. The molecule has 0 aliphatic heterocycles. The van der Waals surface area contributed by atoms with Gasteiger partial charge in [0, 0.05) is 24.7 Å². The molecule has 0 saturated heterocycles. The quantitative estimate of drug-likeness (QED) is 0.465. The second-order valence-electron chi connectivity index (χ2n) is 7.08. The van der Waals surface area contributed by atoms with Crippen molar-refractivity contribution >= 4 is 42.6 Å². The molecule has 10 heteroatoms. The van der Waals surface area contributed by atoms with Gasteiger partial charge in [0.25, 0.3) is 5.91 Å². The summed E-state index contributed by atoms with van der Waals surface area (Å²) in [6.45, 7) is 4.81. The van der Waals surface area contributed by atoms with Gasteiger partial charge in [0.15, 0.2) is 5.13 Å². The minimum atomic E-state index is -3.59. The van der Waals surface area contributed by atoms with E-state index in [0.29, 0.717) is 40.8 Å². The van der Waals surface area contributed by atoms with Gasteiger partial charge in [-0.05, 0) is 43.2 Å². The fourth-order valence-corrected chi connectivity index (χ4v) is 5.78. The maximum atomic E-state index is 12.9. The lowest BCUT2D eigenvalue weighted by molar-refractivity contribution is 0.102. The van der Waals surface area contributed by atoms with Crippen LogP contribution in [0.25, 0.3) is 10.2 Å². The van der Waals surface area contributed by atoms with Gasteiger partial charge in [-0.25, -0.2) is 13.4 Å². The molecular formula is C22H27N3O5S2. The number of ether oxygens (including phenoxy) is 2. The largest absolute Gasteiger partial charge is 0.497 e. The van der Waals surface area contributed by atoms with Gasteiger partial charge in [-0.3, -0.25) is 10.1 Å². The van der Waals surface area contributed by atoms with Crippen molar-refractivity contribution in [3.05, 3.63) is 42.0 Å². The number of anilines is 1. The number of fused-ring (bicyclic) bond motifs is 1. The van der Waals surface area contributed by atoms with Crippen molar-refractivity contribution in [1.82, 2.24) is 9.29 Å². The van der Waals surface area contributed by atoms with E-state index in [9.17, 15) is 13.2 Å². The minimum Gasteiger partial charge on any atom is -0.497 e. The van der Waals surface area contributed by atoms with Crippen molar-refractivity contribution in [1.29, 1.82) is 0 Å². The summed E-state index contributed by atoms with van der Waals surface area (Å²) in [6.07, 6.45) is 1.47. The summed E-state index contributed by atoms with van der Waals surface area (Å²) in [5.41, 5.74) is 0.965. The lowest BCUT2D eigenvalue weighted by atomic mass is 10.2. The van der Waals surface area contributed by atoms with E-state index >= 15 is 0 Å². The molecule has 32 heavy (non-hydrogen) atoms. The van der Waals surface area contributed by atoms with Crippen LogP contribution in [0.5, 0.6) is 11.5 Å². The Labute approximate surface area is 192 Å². The van der Waals surface area contributed by atoms with E-state index < -0.39 is 10.0 Å². The van der Waals surface area contributed by atoms with Crippen LogP contribution in [0.1, 0.15) is 37.0 Å². The first-order valence-electron chi connectivity index (χ1n) is 10.3. The monoisotopic (exact) mass is 477 g/mol. The number of hydrogen-bond donors (Lipinski definition) is 1. The molecule has 0 atom stereocenters. The number of rotatable bonds is 10. The van der Waals surface area contributed by atoms with Gasteiger partial charge in [0.05, 0.1) is 23.8 Å². The lowest BCUT2D eigenvalue weighted by Crippen LogP contribution is -2.32. The smallest absolute Gasteiger partial charge is 0.257 e. The van der Waals surface area contributed by atoms with Crippen molar-refractivity contribution in [3.8, 4) is 11.5 Å². The molecule has 1 amide bonds. The Morgan fingerprint density at radius 3 is 2.28 bits per heavy atom. The molecule has 0 bridgehead atoms. The number of amides is 1. The second kappa shape index (κ2) is 10.3. The van der Waals surface area contributed by atoms with Crippen molar-refractivity contribution in [2.75, 3.05) is 32.6 Å². The summed E-state index contributed by atoms with van der Waals surface area (Å²) in [4.78, 5) is 17.3. The molecule has 8 nitrogen and oxygen atoms in total. The highest BCUT2D eigenvalue weighted by Crippen LogP contribution is 2.36. The van der Waals surface area contributed by atoms with Gasteiger partial charge in [-0.1, -0.05) is 25.2 Å². The molecule has 0 aliphatic carbocycles. The normalized spacial score (nSPS) is 11.7. The zero-order valence-corrected chi connectivity index (χ0v) is 20.2. The molecule has 0 saturated carbocycles. The van der Waals surface area contributed by atoms with E-state index in [1.54, 1.807) is 20.3 Å². The van der Waals surface area contributed by atoms with Crippen LogP contribution in [-0.2, 0) is 10.0 Å². The van der Waals surface area contributed by atoms with E-state index in [4.69, 9.17) is 9.47 Å². The van der Waals surface area contributed by atoms with E-state index in [2.05, 4.69) is 10.3 Å². The summed E-state index contributed by atoms with van der Waals surface area (Å²) in [5, 5.41) is 3.18. The van der Waals surface area contributed by atoms with E-state index in [0.717, 1.165) is 17.5 Å². The van der Waals surface area contributed by atoms with Gasteiger partial charge in [-0.15, -0.1) is 0 Å². The summed E-state index contributed by atoms with van der Waals surface area (Å²) < 4.78 is 38.7. The number of nitrogens with zero attached hydrogens (tertiary/aromatic N) is 2. The highest BCUT2D eigenvalue weighted by Gasteiger charge is 2.23. The number of carbonyl (C=O) groups excluding carboxylic acids is 1. The van der Waals surface area contributed by atoms with Crippen LogP contribution in [0.15, 0.2) is 41.3 Å². The molecule has 1 N–H and O–H groups in total. The van der Waals surface area contributed by atoms with Crippen LogP contribution in [0.3, 0.4) is 0 Å². The standard InChI is InChI=1S/C22H27N3O5S2/c1-5-11-25(12-6-2)32(27,28)17-9-7-15(8-10-17)21(26)24-22-23-20-18(30-4)13-16(29-3)14-19(20)31-22/h7-10,13-14H,5-6,11-12H2,1-4H3,(H,23,24,26). The molecule has 3 aromatic rings. The number of hydrogen-bond acceptors (Lipinski definition) is 7. The van der Waals surface area contributed by atoms with E-state index in [1.165, 1.54) is 39.9 Å². The number of thiazole rings is 1. The molecule has 3 rings (SSSR count). The lowest BCUT2D eigenvalue weighted by Gasteiger charge is -2.21. The third-order valence-electron chi connectivity index (χ3n) is 4.81. The van der Waals surface area contributed by atoms with Gasteiger partial charge in [0.1, 0.15) is 17.0 Å². The first-order chi connectivity index (χ1) is 15.3. The van der Waals surface area contributed by atoms with Crippen LogP contribution in [0.2, 0.25) is 0 Å². The first kappa shape index (κ1) is 24.0. The second-order valence-corrected chi connectivity index (χ2v) is 10.0. The van der Waals surface area contributed by atoms with Crippen molar-refractivity contribution in [3.63, 3.8) is 0 Å². The summed E-state index contributed by atoms with van der Waals surface area (Å²) in [7, 11) is -0.480. The average Bonchev–Trinajstić information content (AvgIpc) is 3.20. The molecule has 0 fully saturated rings. The number of aromatic nitrogens is 1. The average molecular weight is 478 g/mol. The van der Waals surface area contributed by atoms with Crippen LogP contribution in [-0.4, -0.2) is 50.9 Å². The van der Waals surface area contributed by atoms with Gasteiger partial charge in [-0.2, -0.15) is 4.31 Å². The third-order valence-corrected chi connectivity index (χ3v) is 7.64. The number of nitrogens with one attached hydrogen (secondary N) is 1. The zero-order valence-electron chi connectivity index (χ0n) is 18.5. The van der Waals surface area contributed by atoms with Crippen molar-refractivity contribution in [2.45, 2.75) is 31.6 Å². The number of methoxy groups -OCH3 is 2. The van der Waals surface area contributed by atoms with Crippen LogP contribution < -0.4 is 14.8 Å². The molecule has 1 heterocycles. The van der Waals surface area contributed by atoms with Crippen LogP contribution in [0.4, 0.5) is 5.13 Å². The first-order valence-corrected chi connectivity index (χ1v) is 12.5. The van der Waals surface area contributed by atoms with Gasteiger partial charge >= 0.3 is 0 Å². The zero-order chi connectivity index (χ0) is 23.3. The topological polar surface area (TPSA) is 97.8 Å². The molecule has 0 unspecified atom stereocenters. The fraction of sp³-hybridized carbons (Fsp3) is 0.364. The van der Waals surface area contributed by atoms with E-state index in [-0.39, 0.29) is 10.8 Å².